The average Bonchev–Trinajstić information content (AvgIpc) is 3.12. The smallest absolute Gasteiger partial charge is 0.282 e. The minimum Gasteiger partial charge on any atom is -0.436 e. The Labute approximate surface area is 166 Å². The number of nitro groups is 1. The van der Waals surface area contributed by atoms with Crippen LogP contribution in [-0.2, 0) is 0 Å². The molecule has 0 radical (unpaired) electrons. The lowest BCUT2D eigenvalue weighted by Gasteiger charge is -2.10. The van der Waals surface area contributed by atoms with Gasteiger partial charge in [-0.05, 0) is 55.3 Å². The fourth-order valence-electron chi connectivity index (χ4n) is 3.07. The van der Waals surface area contributed by atoms with Crippen LogP contribution in [0.4, 0.5) is 11.4 Å². The van der Waals surface area contributed by atoms with Crippen molar-refractivity contribution in [3.63, 3.8) is 0 Å². The number of rotatable bonds is 4. The number of carbonyl (C=O) groups is 1. The molecule has 0 unspecified atom stereocenters. The summed E-state index contributed by atoms with van der Waals surface area (Å²) in [5, 5.41) is 14.0. The second-order valence-corrected chi connectivity index (χ2v) is 6.75. The van der Waals surface area contributed by atoms with Crippen LogP contribution in [-0.4, -0.2) is 15.8 Å². The zero-order chi connectivity index (χ0) is 20.5. The summed E-state index contributed by atoms with van der Waals surface area (Å²) >= 11 is 0. The highest BCUT2D eigenvalue weighted by atomic mass is 16.6. The third-order valence-electron chi connectivity index (χ3n) is 4.62. The maximum atomic E-state index is 12.7. The van der Waals surface area contributed by atoms with Crippen LogP contribution in [0.5, 0.6) is 0 Å². The van der Waals surface area contributed by atoms with Crippen LogP contribution in [0.2, 0.25) is 0 Å². The molecule has 0 saturated heterocycles. The van der Waals surface area contributed by atoms with Crippen molar-refractivity contribution in [3.05, 3.63) is 87.5 Å². The van der Waals surface area contributed by atoms with Crippen LogP contribution >= 0.6 is 0 Å². The normalized spacial score (nSPS) is 10.8. The largest absolute Gasteiger partial charge is 0.436 e. The van der Waals surface area contributed by atoms with E-state index in [4.69, 9.17) is 4.42 Å². The third kappa shape index (κ3) is 3.58. The van der Waals surface area contributed by atoms with E-state index in [9.17, 15) is 14.9 Å². The summed E-state index contributed by atoms with van der Waals surface area (Å²) in [6, 6.07) is 17.0. The van der Waals surface area contributed by atoms with Gasteiger partial charge < -0.3 is 9.73 Å². The van der Waals surface area contributed by atoms with Gasteiger partial charge in [0.25, 0.3) is 11.6 Å². The summed E-state index contributed by atoms with van der Waals surface area (Å²) in [7, 11) is 0. The SMILES string of the molecule is Cc1ccc2oc(-c3ccc(C)c(NC(=O)c4ccccc4[N+](=O)[O-])c3)nc2c1. The number of hydrogen-bond acceptors (Lipinski definition) is 5. The fourth-order valence-corrected chi connectivity index (χ4v) is 3.07. The van der Waals surface area contributed by atoms with Crippen molar-refractivity contribution < 1.29 is 14.1 Å². The lowest BCUT2D eigenvalue weighted by molar-refractivity contribution is -0.385. The van der Waals surface area contributed by atoms with Gasteiger partial charge in [0.05, 0.1) is 4.92 Å². The van der Waals surface area contributed by atoms with Crippen molar-refractivity contribution in [1.82, 2.24) is 4.98 Å². The number of carbonyl (C=O) groups excluding carboxylic acids is 1. The highest BCUT2D eigenvalue weighted by molar-refractivity contribution is 6.07. The number of oxazole rings is 1. The molecule has 144 valence electrons. The number of para-hydroxylation sites is 1. The molecule has 7 heteroatoms. The van der Waals surface area contributed by atoms with E-state index in [1.54, 1.807) is 12.1 Å². The van der Waals surface area contributed by atoms with E-state index < -0.39 is 10.8 Å². The number of nitro benzene ring substituents is 1. The van der Waals surface area contributed by atoms with Crippen LogP contribution in [0.1, 0.15) is 21.5 Å². The number of aryl methyl sites for hydroxylation is 2. The molecular weight excluding hydrogens is 370 g/mol. The van der Waals surface area contributed by atoms with E-state index in [0.717, 1.165) is 16.6 Å². The molecule has 1 amide bonds. The van der Waals surface area contributed by atoms with E-state index in [1.807, 2.05) is 44.2 Å². The van der Waals surface area contributed by atoms with Crippen molar-refractivity contribution in [2.24, 2.45) is 0 Å². The Hall–Kier alpha value is -4.00. The molecule has 4 aromatic rings. The van der Waals surface area contributed by atoms with Crippen molar-refractivity contribution in [2.45, 2.75) is 13.8 Å². The minimum absolute atomic E-state index is 0.000333. The number of benzene rings is 3. The molecule has 0 aliphatic carbocycles. The molecule has 7 nitrogen and oxygen atoms in total. The zero-order valence-electron chi connectivity index (χ0n) is 15.8. The fraction of sp³-hybridized carbons (Fsp3) is 0.0909. The first-order valence-electron chi connectivity index (χ1n) is 8.95. The van der Waals surface area contributed by atoms with Gasteiger partial charge in [0.2, 0.25) is 5.89 Å². The van der Waals surface area contributed by atoms with Crippen LogP contribution in [0.15, 0.2) is 65.1 Å². The van der Waals surface area contributed by atoms with Gasteiger partial charge in [0.1, 0.15) is 11.1 Å². The van der Waals surface area contributed by atoms with Gasteiger partial charge in [-0.1, -0.05) is 24.3 Å². The number of hydrogen-bond donors (Lipinski definition) is 1. The third-order valence-corrected chi connectivity index (χ3v) is 4.62. The molecule has 29 heavy (non-hydrogen) atoms. The number of nitrogens with zero attached hydrogens (tertiary/aromatic N) is 2. The Morgan fingerprint density at radius 2 is 1.86 bits per heavy atom. The lowest BCUT2D eigenvalue weighted by Crippen LogP contribution is -2.14. The summed E-state index contributed by atoms with van der Waals surface area (Å²) < 4.78 is 5.83. The van der Waals surface area contributed by atoms with Gasteiger partial charge in [-0.3, -0.25) is 14.9 Å². The molecule has 1 N–H and O–H groups in total. The van der Waals surface area contributed by atoms with Crippen molar-refractivity contribution in [2.75, 3.05) is 5.32 Å². The Morgan fingerprint density at radius 1 is 1.07 bits per heavy atom. The van der Waals surface area contributed by atoms with Gasteiger partial charge in [0, 0.05) is 17.3 Å². The Kier molecular flexibility index (Phi) is 4.56. The van der Waals surface area contributed by atoms with Gasteiger partial charge in [-0.2, -0.15) is 0 Å². The molecule has 1 aromatic heterocycles. The molecular formula is C22H17N3O4. The molecule has 0 bridgehead atoms. The second kappa shape index (κ2) is 7.20. The van der Waals surface area contributed by atoms with Crippen molar-refractivity contribution in [1.29, 1.82) is 0 Å². The predicted molar refractivity (Wildman–Crippen MR) is 110 cm³/mol. The molecule has 0 spiro atoms. The Bertz CT molecular complexity index is 1260. The standard InChI is InChI=1S/C22H17N3O4/c1-13-7-10-20-18(11-13)24-22(29-20)15-9-8-14(2)17(12-15)23-21(26)16-5-3-4-6-19(16)25(27)28/h3-12H,1-2H3,(H,23,26). The number of amides is 1. The average molecular weight is 387 g/mol. The van der Waals surface area contributed by atoms with Crippen LogP contribution in [0, 0.1) is 24.0 Å². The van der Waals surface area contributed by atoms with E-state index in [2.05, 4.69) is 10.3 Å². The van der Waals surface area contributed by atoms with E-state index in [1.165, 1.54) is 18.2 Å². The highest BCUT2D eigenvalue weighted by Crippen LogP contribution is 2.29. The molecule has 1 heterocycles. The van der Waals surface area contributed by atoms with Gasteiger partial charge in [-0.15, -0.1) is 0 Å². The highest BCUT2D eigenvalue weighted by Gasteiger charge is 2.20. The number of anilines is 1. The zero-order valence-corrected chi connectivity index (χ0v) is 15.8. The first kappa shape index (κ1) is 18.4. The molecule has 4 rings (SSSR count). The summed E-state index contributed by atoms with van der Waals surface area (Å²) in [6.45, 7) is 3.82. The number of fused-ring (bicyclic) bond motifs is 1. The quantitative estimate of drug-likeness (QED) is 0.380. The predicted octanol–water partition coefficient (Wildman–Crippen LogP) is 5.27. The van der Waals surface area contributed by atoms with Gasteiger partial charge >= 0.3 is 0 Å². The second-order valence-electron chi connectivity index (χ2n) is 6.75. The summed E-state index contributed by atoms with van der Waals surface area (Å²) in [5.41, 5.74) is 4.31. The number of aromatic nitrogens is 1. The summed E-state index contributed by atoms with van der Waals surface area (Å²) in [4.78, 5) is 27.8. The minimum atomic E-state index is -0.571. The Balaban J connectivity index is 1.68. The van der Waals surface area contributed by atoms with Crippen molar-refractivity contribution >= 4 is 28.4 Å². The monoisotopic (exact) mass is 387 g/mol. The van der Waals surface area contributed by atoms with Crippen LogP contribution in [0.25, 0.3) is 22.6 Å². The molecule has 0 aliphatic heterocycles. The molecule has 0 fully saturated rings. The van der Waals surface area contributed by atoms with Crippen LogP contribution in [0.3, 0.4) is 0 Å². The summed E-state index contributed by atoms with van der Waals surface area (Å²) in [5.74, 6) is -0.113. The lowest BCUT2D eigenvalue weighted by atomic mass is 10.1. The topological polar surface area (TPSA) is 98.3 Å². The van der Waals surface area contributed by atoms with Gasteiger partial charge in [-0.25, -0.2) is 4.98 Å². The Morgan fingerprint density at radius 3 is 2.66 bits per heavy atom. The molecule has 0 atom stereocenters. The first-order chi connectivity index (χ1) is 13.9. The van der Waals surface area contributed by atoms with Crippen molar-refractivity contribution in [3.8, 4) is 11.5 Å². The maximum absolute atomic E-state index is 12.7. The van der Waals surface area contributed by atoms with E-state index >= 15 is 0 Å². The molecule has 0 saturated carbocycles. The summed E-state index contributed by atoms with van der Waals surface area (Å²) in [6.07, 6.45) is 0. The number of nitrogens with one attached hydrogen (secondary N) is 1. The first-order valence-corrected chi connectivity index (χ1v) is 8.95. The molecule has 0 aliphatic rings. The van der Waals surface area contributed by atoms with Gasteiger partial charge in [0.15, 0.2) is 5.58 Å². The van der Waals surface area contributed by atoms with E-state index in [-0.39, 0.29) is 11.3 Å². The van der Waals surface area contributed by atoms with E-state index in [0.29, 0.717) is 22.7 Å². The molecule has 3 aromatic carbocycles. The maximum Gasteiger partial charge on any atom is 0.282 e. The van der Waals surface area contributed by atoms with Crippen LogP contribution < -0.4 is 5.32 Å².